The molecule has 0 aromatic carbocycles. The fourth-order valence-electron chi connectivity index (χ4n) is 0.794. The van der Waals surface area contributed by atoms with E-state index in [2.05, 4.69) is 10.3 Å². The van der Waals surface area contributed by atoms with Crippen LogP contribution in [0.3, 0.4) is 0 Å². The van der Waals surface area contributed by atoms with Crippen molar-refractivity contribution in [2.75, 3.05) is 0 Å². The molecule has 0 spiro atoms. The minimum absolute atomic E-state index is 0.236. The fourth-order valence-corrected chi connectivity index (χ4v) is 1.32. The standard InChI is InChI=1S/C9H14N2O2S/c1-9(2,3)11-8(12)13-6-7-10-4-5-14-7/h4-5H,6H2,1-3H3,(H,11,12). The number of aromatic nitrogens is 1. The van der Waals surface area contributed by atoms with Crippen LogP contribution in [0.25, 0.3) is 0 Å². The molecule has 5 heteroatoms. The third-order valence-corrected chi connectivity index (χ3v) is 2.04. The van der Waals surface area contributed by atoms with Crippen molar-refractivity contribution in [3.8, 4) is 0 Å². The molecule has 0 unspecified atom stereocenters. The summed E-state index contributed by atoms with van der Waals surface area (Å²) in [6, 6.07) is 0. The lowest BCUT2D eigenvalue weighted by Gasteiger charge is -2.19. The molecule has 0 aliphatic carbocycles. The van der Waals surface area contributed by atoms with Crippen LogP contribution < -0.4 is 5.32 Å². The van der Waals surface area contributed by atoms with E-state index in [1.807, 2.05) is 26.2 Å². The van der Waals surface area contributed by atoms with Crippen LogP contribution in [0, 0.1) is 0 Å². The largest absolute Gasteiger partial charge is 0.442 e. The van der Waals surface area contributed by atoms with Crippen LogP contribution in [-0.2, 0) is 11.3 Å². The zero-order chi connectivity index (χ0) is 10.6. The predicted molar refractivity (Wildman–Crippen MR) is 55.2 cm³/mol. The molecule has 0 aliphatic rings. The van der Waals surface area contributed by atoms with Gasteiger partial charge in [0.2, 0.25) is 0 Å². The number of amides is 1. The van der Waals surface area contributed by atoms with Crippen LogP contribution in [0.4, 0.5) is 4.79 Å². The highest BCUT2D eigenvalue weighted by Crippen LogP contribution is 2.06. The Morgan fingerprint density at radius 2 is 2.36 bits per heavy atom. The van der Waals surface area contributed by atoms with E-state index in [4.69, 9.17) is 4.74 Å². The number of rotatable bonds is 2. The van der Waals surface area contributed by atoms with Gasteiger partial charge in [0.05, 0.1) is 0 Å². The number of nitrogens with zero attached hydrogens (tertiary/aromatic N) is 1. The van der Waals surface area contributed by atoms with Gasteiger partial charge >= 0.3 is 6.09 Å². The van der Waals surface area contributed by atoms with Crippen molar-refractivity contribution in [2.45, 2.75) is 32.9 Å². The fraction of sp³-hybridized carbons (Fsp3) is 0.556. The Bertz CT molecular complexity index is 290. The first-order chi connectivity index (χ1) is 6.47. The van der Waals surface area contributed by atoms with E-state index in [1.54, 1.807) is 6.20 Å². The van der Waals surface area contributed by atoms with Gasteiger partial charge in [0.25, 0.3) is 0 Å². The second-order valence-corrected chi connectivity index (χ2v) is 4.86. The first-order valence-electron chi connectivity index (χ1n) is 4.31. The molecule has 1 aromatic heterocycles. The van der Waals surface area contributed by atoms with E-state index in [0.717, 1.165) is 5.01 Å². The summed E-state index contributed by atoms with van der Waals surface area (Å²) < 4.78 is 4.96. The number of carbonyl (C=O) groups is 1. The predicted octanol–water partition coefficient (Wildman–Crippen LogP) is 2.17. The van der Waals surface area contributed by atoms with Crippen molar-refractivity contribution in [2.24, 2.45) is 0 Å². The number of nitrogens with one attached hydrogen (secondary N) is 1. The Kier molecular flexibility index (Phi) is 3.46. The molecule has 0 aliphatic heterocycles. The van der Waals surface area contributed by atoms with Crippen LogP contribution in [-0.4, -0.2) is 16.6 Å². The highest BCUT2D eigenvalue weighted by atomic mass is 32.1. The number of carbonyl (C=O) groups excluding carboxylic acids is 1. The molecule has 0 saturated carbocycles. The number of ether oxygens (including phenoxy) is 1. The summed E-state index contributed by atoms with van der Waals surface area (Å²) in [5, 5.41) is 5.34. The second-order valence-electron chi connectivity index (χ2n) is 3.88. The molecule has 4 nitrogen and oxygen atoms in total. The maximum Gasteiger partial charge on any atom is 0.407 e. The number of hydrogen-bond donors (Lipinski definition) is 1. The Balaban J connectivity index is 2.29. The van der Waals surface area contributed by atoms with E-state index < -0.39 is 6.09 Å². The van der Waals surface area contributed by atoms with Crippen molar-refractivity contribution in [1.82, 2.24) is 10.3 Å². The molecule has 14 heavy (non-hydrogen) atoms. The van der Waals surface area contributed by atoms with Gasteiger partial charge in [0, 0.05) is 17.1 Å². The Morgan fingerprint density at radius 3 is 2.86 bits per heavy atom. The van der Waals surface area contributed by atoms with Gasteiger partial charge in [-0.2, -0.15) is 0 Å². The number of alkyl carbamates (subject to hydrolysis) is 1. The van der Waals surface area contributed by atoms with Gasteiger partial charge in [0.1, 0.15) is 11.6 Å². The van der Waals surface area contributed by atoms with Gasteiger partial charge in [-0.3, -0.25) is 0 Å². The van der Waals surface area contributed by atoms with E-state index in [0.29, 0.717) is 0 Å². The van der Waals surface area contributed by atoms with Crippen LogP contribution in [0.15, 0.2) is 11.6 Å². The molecule has 0 radical (unpaired) electrons. The molecular formula is C9H14N2O2S. The molecule has 1 heterocycles. The molecule has 78 valence electrons. The molecular weight excluding hydrogens is 200 g/mol. The maximum absolute atomic E-state index is 11.2. The molecule has 0 atom stereocenters. The number of hydrogen-bond acceptors (Lipinski definition) is 4. The SMILES string of the molecule is CC(C)(C)NC(=O)OCc1nccs1. The minimum atomic E-state index is -0.410. The first kappa shape index (κ1) is 11.0. The van der Waals surface area contributed by atoms with Crippen molar-refractivity contribution >= 4 is 17.4 Å². The zero-order valence-corrected chi connectivity index (χ0v) is 9.35. The molecule has 1 amide bonds. The Morgan fingerprint density at radius 1 is 1.64 bits per heavy atom. The summed E-state index contributed by atoms with van der Waals surface area (Å²) in [5.74, 6) is 0. The average Bonchev–Trinajstić information content (AvgIpc) is 2.49. The summed E-state index contributed by atoms with van der Waals surface area (Å²) in [6.45, 7) is 5.94. The Hall–Kier alpha value is -1.10. The van der Waals surface area contributed by atoms with Crippen molar-refractivity contribution in [1.29, 1.82) is 0 Å². The highest BCUT2D eigenvalue weighted by Gasteiger charge is 2.14. The minimum Gasteiger partial charge on any atom is -0.442 e. The summed E-state index contributed by atoms with van der Waals surface area (Å²) in [5.41, 5.74) is -0.264. The van der Waals surface area contributed by atoms with E-state index in [1.165, 1.54) is 11.3 Å². The quantitative estimate of drug-likeness (QED) is 0.820. The summed E-state index contributed by atoms with van der Waals surface area (Å²) in [4.78, 5) is 15.2. The third-order valence-electron chi connectivity index (χ3n) is 1.29. The van der Waals surface area contributed by atoms with Gasteiger partial charge in [-0.25, -0.2) is 9.78 Å². The molecule has 1 N–H and O–H groups in total. The lowest BCUT2D eigenvalue weighted by molar-refractivity contribution is 0.131. The van der Waals surface area contributed by atoms with Gasteiger partial charge in [-0.15, -0.1) is 11.3 Å². The Labute approximate surface area is 87.3 Å². The zero-order valence-electron chi connectivity index (χ0n) is 8.53. The molecule has 0 bridgehead atoms. The van der Waals surface area contributed by atoms with E-state index >= 15 is 0 Å². The molecule has 0 saturated heterocycles. The van der Waals surface area contributed by atoms with Crippen molar-refractivity contribution < 1.29 is 9.53 Å². The van der Waals surface area contributed by atoms with Crippen LogP contribution >= 0.6 is 11.3 Å². The molecule has 1 aromatic rings. The van der Waals surface area contributed by atoms with Gasteiger partial charge in [-0.1, -0.05) is 0 Å². The van der Waals surface area contributed by atoms with Crippen LogP contribution in [0.1, 0.15) is 25.8 Å². The van der Waals surface area contributed by atoms with Gasteiger partial charge in [0.15, 0.2) is 0 Å². The number of thiazole rings is 1. The van der Waals surface area contributed by atoms with E-state index in [-0.39, 0.29) is 12.1 Å². The van der Waals surface area contributed by atoms with Crippen molar-refractivity contribution in [3.63, 3.8) is 0 Å². The van der Waals surface area contributed by atoms with E-state index in [9.17, 15) is 4.79 Å². The van der Waals surface area contributed by atoms with Gasteiger partial charge in [-0.05, 0) is 20.8 Å². The molecule has 1 rings (SSSR count). The monoisotopic (exact) mass is 214 g/mol. The highest BCUT2D eigenvalue weighted by molar-refractivity contribution is 7.09. The lowest BCUT2D eigenvalue weighted by Crippen LogP contribution is -2.40. The topological polar surface area (TPSA) is 51.2 Å². The average molecular weight is 214 g/mol. The van der Waals surface area contributed by atoms with Gasteiger partial charge < -0.3 is 10.1 Å². The lowest BCUT2D eigenvalue weighted by atomic mass is 10.1. The van der Waals surface area contributed by atoms with Crippen LogP contribution in [0.5, 0.6) is 0 Å². The summed E-state index contributed by atoms with van der Waals surface area (Å²) in [6.07, 6.45) is 1.28. The molecule has 0 fully saturated rings. The third kappa shape index (κ3) is 4.23. The normalized spacial score (nSPS) is 11.1. The summed E-state index contributed by atoms with van der Waals surface area (Å²) in [7, 11) is 0. The smallest absolute Gasteiger partial charge is 0.407 e. The van der Waals surface area contributed by atoms with Crippen molar-refractivity contribution in [3.05, 3.63) is 16.6 Å². The van der Waals surface area contributed by atoms with Crippen LogP contribution in [0.2, 0.25) is 0 Å². The second kappa shape index (κ2) is 4.41. The maximum atomic E-state index is 11.2. The summed E-state index contributed by atoms with van der Waals surface area (Å²) >= 11 is 1.47. The first-order valence-corrected chi connectivity index (χ1v) is 5.19.